The number of aromatic nitrogens is 2. The van der Waals surface area contributed by atoms with E-state index in [2.05, 4.69) is 25.5 Å². The molecule has 3 heterocycles. The number of benzene rings is 2. The molecule has 1 saturated heterocycles. The second-order valence-electron chi connectivity index (χ2n) is 14.6. The van der Waals surface area contributed by atoms with Crippen molar-refractivity contribution in [3.05, 3.63) is 108 Å². The Kier molecular flexibility index (Phi) is 11.1. The van der Waals surface area contributed by atoms with Crippen LogP contribution < -0.4 is 10.6 Å². The highest BCUT2D eigenvalue weighted by atomic mass is 16.4. The van der Waals surface area contributed by atoms with E-state index in [9.17, 15) is 19.8 Å². The molecule has 0 radical (unpaired) electrons. The number of piperazine rings is 1. The molecule has 264 valence electrons. The Bertz CT molecular complexity index is 1730. The van der Waals surface area contributed by atoms with Gasteiger partial charge in [0.25, 0.3) is 0 Å². The lowest BCUT2D eigenvalue weighted by Gasteiger charge is -2.42. The first-order valence-corrected chi connectivity index (χ1v) is 17.4. The van der Waals surface area contributed by atoms with Crippen molar-refractivity contribution in [1.82, 2.24) is 30.4 Å². The molecule has 50 heavy (non-hydrogen) atoms. The van der Waals surface area contributed by atoms with Gasteiger partial charge < -0.3 is 25.3 Å². The van der Waals surface area contributed by atoms with Crippen LogP contribution in [0.3, 0.4) is 0 Å². The van der Waals surface area contributed by atoms with Gasteiger partial charge >= 0.3 is 0 Å². The third-order valence-electron chi connectivity index (χ3n) is 9.41. The van der Waals surface area contributed by atoms with E-state index >= 15 is 0 Å². The molecule has 0 saturated carbocycles. The summed E-state index contributed by atoms with van der Waals surface area (Å²) in [6.45, 7) is 8.09. The Morgan fingerprint density at radius 1 is 1.00 bits per heavy atom. The summed E-state index contributed by atoms with van der Waals surface area (Å²) in [5, 5.41) is 28.6. The number of carbonyl (C=O) groups excluding carboxylic acids is 2. The van der Waals surface area contributed by atoms with Crippen molar-refractivity contribution in [1.29, 1.82) is 0 Å². The molecule has 0 bridgehead atoms. The number of nitrogens with zero attached hydrogens (tertiary/aromatic N) is 4. The fourth-order valence-corrected chi connectivity index (χ4v) is 7.02. The summed E-state index contributed by atoms with van der Waals surface area (Å²) in [5.41, 5.74) is 3.21. The molecule has 1 aliphatic heterocycles. The van der Waals surface area contributed by atoms with Crippen molar-refractivity contribution in [2.75, 3.05) is 26.2 Å². The number of amides is 2. The van der Waals surface area contributed by atoms with Crippen molar-refractivity contribution in [3.63, 3.8) is 0 Å². The normalized spacial score (nSPS) is 20.9. The number of aliphatic hydroxyl groups excluding tert-OH is 2. The van der Waals surface area contributed by atoms with Crippen LogP contribution in [0.15, 0.2) is 89.6 Å². The largest absolute Gasteiger partial charge is 0.438 e. The van der Waals surface area contributed by atoms with Crippen LogP contribution in [-0.4, -0.2) is 91.8 Å². The number of nitrogens with one attached hydrogen (secondary N) is 2. The van der Waals surface area contributed by atoms with E-state index in [1.807, 2.05) is 98.5 Å². The van der Waals surface area contributed by atoms with E-state index in [4.69, 9.17) is 4.42 Å². The lowest BCUT2D eigenvalue weighted by molar-refractivity contribution is -0.132. The van der Waals surface area contributed by atoms with Crippen LogP contribution in [0, 0.1) is 5.92 Å². The van der Waals surface area contributed by atoms with Gasteiger partial charge in [-0.3, -0.25) is 24.4 Å². The van der Waals surface area contributed by atoms with Crippen molar-refractivity contribution >= 4 is 11.8 Å². The van der Waals surface area contributed by atoms with Crippen LogP contribution in [0.25, 0.3) is 11.5 Å². The molecule has 0 spiro atoms. The van der Waals surface area contributed by atoms with Crippen LogP contribution in [0.1, 0.15) is 55.8 Å². The number of oxazole rings is 1. The lowest BCUT2D eigenvalue weighted by atomic mass is 9.91. The molecule has 2 aromatic heterocycles. The Balaban J connectivity index is 1.14. The fourth-order valence-electron chi connectivity index (χ4n) is 7.02. The van der Waals surface area contributed by atoms with Crippen LogP contribution in [-0.2, 0) is 29.0 Å². The first-order valence-electron chi connectivity index (χ1n) is 17.4. The van der Waals surface area contributed by atoms with Gasteiger partial charge in [0.15, 0.2) is 5.76 Å². The lowest BCUT2D eigenvalue weighted by Crippen LogP contribution is -2.62. The molecule has 11 nitrogen and oxygen atoms in total. The highest BCUT2D eigenvalue weighted by Gasteiger charge is 2.37. The molecule has 2 aliphatic rings. The van der Waals surface area contributed by atoms with Crippen molar-refractivity contribution in [3.8, 4) is 11.5 Å². The van der Waals surface area contributed by atoms with Gasteiger partial charge in [0.1, 0.15) is 11.7 Å². The predicted octanol–water partition coefficient (Wildman–Crippen LogP) is 3.52. The van der Waals surface area contributed by atoms with Crippen LogP contribution in [0.4, 0.5) is 0 Å². The van der Waals surface area contributed by atoms with Crippen LogP contribution >= 0.6 is 0 Å². The predicted molar refractivity (Wildman–Crippen MR) is 190 cm³/mol. The maximum atomic E-state index is 13.9. The minimum Gasteiger partial charge on any atom is -0.438 e. The van der Waals surface area contributed by atoms with Gasteiger partial charge in [0.05, 0.1) is 31.0 Å². The number of hydrogen-bond donors (Lipinski definition) is 4. The standard InChI is InChI=1S/C39H48N6O5/c1-39(2,3)43-38(49)32-24-44(25-35-41-22-34(50-35)31-15-9-10-16-40-31)17-18-45(32)23-29(46)20-28(19-26-11-5-4-6-12-26)37(48)42-36-30-14-8-7-13-27(30)21-33(36)47/h4-16,22,28-29,32-33,36,46-47H,17-21,23-25H2,1-3H3,(H,42,48)(H,43,49)/t28-,29-,32-,33+,36-/m0/s1. The SMILES string of the molecule is CC(C)(C)NC(=O)[C@@H]1CN(Cc2ncc(-c3ccccn3)o2)CCN1C[C@@H](O)C[C@H](Cc1ccccc1)C(=O)N[C@H]1c2ccccc2C[C@H]1O. The zero-order valence-corrected chi connectivity index (χ0v) is 29.0. The number of rotatable bonds is 12. The van der Waals surface area contributed by atoms with E-state index in [1.54, 1.807) is 12.4 Å². The number of hydrogen-bond acceptors (Lipinski definition) is 9. The zero-order valence-electron chi connectivity index (χ0n) is 29.0. The van der Waals surface area contributed by atoms with Crippen molar-refractivity contribution in [2.24, 2.45) is 5.92 Å². The first-order chi connectivity index (χ1) is 24.0. The first kappa shape index (κ1) is 35.4. The summed E-state index contributed by atoms with van der Waals surface area (Å²) in [6.07, 6.45) is 2.91. The topological polar surface area (TPSA) is 144 Å². The zero-order chi connectivity index (χ0) is 35.3. The number of β-amino-alcohol motifs (C(OH)–C–C–N with tert-alkyl or cyclic N) is 1. The molecular formula is C39H48N6O5. The van der Waals surface area contributed by atoms with E-state index in [-0.39, 0.29) is 24.8 Å². The molecule has 2 amide bonds. The monoisotopic (exact) mass is 680 g/mol. The van der Waals surface area contributed by atoms with E-state index in [0.717, 1.165) is 16.7 Å². The maximum absolute atomic E-state index is 13.9. The summed E-state index contributed by atoms with van der Waals surface area (Å²) in [6, 6.07) is 22.1. The molecule has 0 unspecified atom stereocenters. The minimum absolute atomic E-state index is 0.122. The van der Waals surface area contributed by atoms with Gasteiger partial charge in [0, 0.05) is 50.3 Å². The van der Waals surface area contributed by atoms with Crippen molar-refractivity contribution in [2.45, 2.75) is 76.4 Å². The number of pyridine rings is 1. The molecule has 11 heteroatoms. The van der Waals surface area contributed by atoms with Gasteiger partial charge in [-0.1, -0.05) is 60.7 Å². The Morgan fingerprint density at radius 3 is 2.52 bits per heavy atom. The number of carbonyl (C=O) groups is 2. The van der Waals surface area contributed by atoms with Crippen molar-refractivity contribution < 1.29 is 24.2 Å². The smallest absolute Gasteiger partial charge is 0.239 e. The Labute approximate surface area is 293 Å². The quantitative estimate of drug-likeness (QED) is 0.177. The average molecular weight is 681 g/mol. The van der Waals surface area contributed by atoms with E-state index < -0.39 is 35.7 Å². The number of aliphatic hydroxyl groups is 2. The molecular weight excluding hydrogens is 632 g/mol. The third kappa shape index (κ3) is 9.02. The Hall–Kier alpha value is -4.42. The van der Waals surface area contributed by atoms with E-state index in [1.165, 1.54) is 0 Å². The van der Waals surface area contributed by atoms with Crippen LogP contribution in [0.5, 0.6) is 0 Å². The molecule has 1 fully saturated rings. The average Bonchev–Trinajstić information content (AvgIpc) is 3.69. The second kappa shape index (κ2) is 15.6. The van der Waals surface area contributed by atoms with Gasteiger partial charge in [-0.05, 0) is 62.4 Å². The molecule has 2 aromatic carbocycles. The summed E-state index contributed by atoms with van der Waals surface area (Å²) >= 11 is 0. The summed E-state index contributed by atoms with van der Waals surface area (Å²) in [4.78, 5) is 40.5. The number of fused-ring (bicyclic) bond motifs is 1. The fraction of sp³-hybridized carbons (Fsp3) is 0.436. The molecule has 5 atom stereocenters. The van der Waals surface area contributed by atoms with Gasteiger partial charge in [-0.15, -0.1) is 0 Å². The highest BCUT2D eigenvalue weighted by molar-refractivity contribution is 5.83. The second-order valence-corrected chi connectivity index (χ2v) is 14.6. The molecule has 4 aromatic rings. The van der Waals surface area contributed by atoms with Gasteiger partial charge in [-0.2, -0.15) is 0 Å². The van der Waals surface area contributed by atoms with Crippen LogP contribution in [0.2, 0.25) is 0 Å². The minimum atomic E-state index is -0.876. The van der Waals surface area contributed by atoms with Gasteiger partial charge in [0.2, 0.25) is 17.7 Å². The molecule has 6 rings (SSSR count). The molecule has 1 aliphatic carbocycles. The highest BCUT2D eigenvalue weighted by Crippen LogP contribution is 2.32. The third-order valence-corrected chi connectivity index (χ3v) is 9.41. The van der Waals surface area contributed by atoms with E-state index in [0.29, 0.717) is 56.4 Å². The molecule has 4 N–H and O–H groups in total. The summed E-state index contributed by atoms with van der Waals surface area (Å²) in [7, 11) is 0. The summed E-state index contributed by atoms with van der Waals surface area (Å²) in [5.74, 6) is 0.248. The summed E-state index contributed by atoms with van der Waals surface area (Å²) < 4.78 is 6.01. The van der Waals surface area contributed by atoms with Gasteiger partial charge in [-0.25, -0.2) is 4.98 Å². The Morgan fingerprint density at radius 2 is 1.76 bits per heavy atom. The maximum Gasteiger partial charge on any atom is 0.239 e.